The number of hydrogen-bond acceptors (Lipinski definition) is 18. The first-order chi connectivity index (χ1) is 39.9. The number of phenols is 1. The number of likely N-dealkylation sites (N-methyl/N-ethyl adjacent to an activating group) is 2. The van der Waals surface area contributed by atoms with Gasteiger partial charge in [0.05, 0.1) is 36.3 Å². The lowest BCUT2D eigenvalue weighted by Crippen LogP contribution is -2.68. The summed E-state index contributed by atoms with van der Waals surface area (Å²) in [5.74, 6) is 4.73. The Balaban J connectivity index is 0.000000199. The molecule has 20 heteroatoms. The molecule has 8 heterocycles. The van der Waals surface area contributed by atoms with Crippen LogP contribution in [0.2, 0.25) is 0 Å². The van der Waals surface area contributed by atoms with Crippen molar-refractivity contribution in [3.63, 3.8) is 0 Å². The number of amides is 2. The van der Waals surface area contributed by atoms with Gasteiger partial charge in [-0.05, 0) is 115 Å². The Morgan fingerprint density at radius 2 is 1.05 bits per heavy atom. The maximum atomic E-state index is 12.3. The Labute approximate surface area is 500 Å². The summed E-state index contributed by atoms with van der Waals surface area (Å²) in [5, 5.41) is 39.0. The zero-order chi connectivity index (χ0) is 59.0. The number of carbonyl (C=O) groups excluding carboxylic acids is 2. The molecule has 2 saturated heterocycles. The lowest BCUT2D eigenvalue weighted by Gasteiger charge is -2.60. The largest absolute Gasteiger partial charge is 0.507 e. The predicted octanol–water partition coefficient (Wildman–Crippen LogP) is 8.00. The number of phenolic OH excluding ortho intramolecular Hbond substituents is 1. The van der Waals surface area contributed by atoms with Crippen molar-refractivity contribution < 1.29 is 57.3 Å². The molecule has 8 aliphatic heterocycles. The van der Waals surface area contributed by atoms with E-state index in [1.165, 1.54) is 25.0 Å². The molecular weight excluding hydrogens is 1080 g/mol. The van der Waals surface area contributed by atoms with E-state index in [0.29, 0.717) is 67.4 Å². The Morgan fingerprint density at radius 1 is 0.624 bits per heavy atom. The predicted molar refractivity (Wildman–Crippen MR) is 319 cm³/mol. The number of fused-ring (bicyclic) bond motifs is 18. The number of aryl methyl sites for hydroxylation is 2. The van der Waals surface area contributed by atoms with E-state index >= 15 is 0 Å². The van der Waals surface area contributed by atoms with Crippen molar-refractivity contribution in [1.29, 1.82) is 10.5 Å². The highest BCUT2D eigenvalue weighted by molar-refractivity contribution is 5.74. The highest BCUT2D eigenvalue weighted by atomic mass is 16.7. The molecule has 456 valence electrons. The second-order valence-corrected chi connectivity index (χ2v) is 23.2. The van der Waals surface area contributed by atoms with Gasteiger partial charge in [-0.25, -0.2) is 0 Å². The van der Waals surface area contributed by atoms with Crippen molar-refractivity contribution in [3.8, 4) is 58.1 Å². The van der Waals surface area contributed by atoms with Gasteiger partial charge in [-0.1, -0.05) is 39.6 Å². The number of nitrogens with zero attached hydrogens (tertiary/aromatic N) is 6. The van der Waals surface area contributed by atoms with Crippen LogP contribution in [0.5, 0.6) is 46.0 Å². The molecule has 85 heavy (non-hydrogen) atoms. The van der Waals surface area contributed by atoms with Crippen LogP contribution in [0.3, 0.4) is 0 Å². The van der Waals surface area contributed by atoms with Crippen LogP contribution in [0.15, 0.2) is 24.8 Å². The number of rotatable bonds is 13. The molecule has 3 N–H and O–H groups in total. The number of carbonyl (C=O) groups is 2. The van der Waals surface area contributed by atoms with Crippen molar-refractivity contribution >= 4 is 11.8 Å². The molecule has 2 amide bonds. The molecule has 8 aliphatic rings. The fraction of sp³-hybridized carbons (Fsp3) is 0.538. The fourth-order valence-corrected chi connectivity index (χ4v) is 15.2. The van der Waals surface area contributed by atoms with E-state index in [2.05, 4.69) is 103 Å². The summed E-state index contributed by atoms with van der Waals surface area (Å²) < 4.78 is 53.4. The minimum Gasteiger partial charge on any atom is -0.507 e. The van der Waals surface area contributed by atoms with Crippen LogP contribution in [0.1, 0.15) is 131 Å². The Bertz CT molecular complexity index is 3390. The van der Waals surface area contributed by atoms with E-state index in [1.54, 1.807) is 20.3 Å². The SMILES string of the molecule is C.C.C=CCOc1c(C)c2c(c3c1CC1C4c5c(cc(C)c(C)c5OCOC)C[C@@H]([C@H](C#N)N1[C@H]3CNC(C)=O)N4C)OCO2.COCOc1c(C)c(C)cc2c1C1C3Cc4c(O)c(C)c5c(c4[C@H](CNC(C)=O)N3[C@@H](C#N)[C@H](C2)N1C)OCO5. The molecule has 0 saturated carbocycles. The van der Waals surface area contributed by atoms with Gasteiger partial charge in [-0.15, -0.1) is 0 Å². The van der Waals surface area contributed by atoms with Crippen molar-refractivity contribution in [2.24, 2.45) is 0 Å². The maximum Gasteiger partial charge on any atom is 0.231 e. The Morgan fingerprint density at radius 3 is 1.47 bits per heavy atom. The quantitative estimate of drug-likeness (QED) is 0.0852. The minimum absolute atomic E-state index is 0. The Hall–Kier alpha value is -7.30. The third kappa shape index (κ3) is 10.0. The first-order valence-electron chi connectivity index (χ1n) is 28.5. The molecule has 4 aromatic carbocycles. The number of aromatic hydroxyl groups is 1. The third-order valence-corrected chi connectivity index (χ3v) is 18.9. The van der Waals surface area contributed by atoms with E-state index in [-0.39, 0.29) is 108 Å². The zero-order valence-electron chi connectivity index (χ0n) is 49.6. The molecule has 0 radical (unpaired) electrons. The van der Waals surface area contributed by atoms with E-state index < -0.39 is 18.1 Å². The molecular formula is C65H84N8O12. The van der Waals surface area contributed by atoms with Gasteiger partial charge >= 0.3 is 0 Å². The molecule has 2 fully saturated rings. The highest BCUT2D eigenvalue weighted by Gasteiger charge is 2.59. The molecule has 0 spiro atoms. The minimum atomic E-state index is -0.460. The topological polar surface area (TPSA) is 222 Å². The smallest absolute Gasteiger partial charge is 0.231 e. The molecule has 20 nitrogen and oxygen atoms in total. The average molecular weight is 1170 g/mol. The van der Waals surface area contributed by atoms with Gasteiger partial charge < -0.3 is 58.4 Å². The Kier molecular flexibility index (Phi) is 18.0. The molecule has 4 aromatic rings. The summed E-state index contributed by atoms with van der Waals surface area (Å²) in [6.45, 7) is 20.4. The summed E-state index contributed by atoms with van der Waals surface area (Å²) in [7, 11) is 7.44. The molecule has 0 aliphatic carbocycles. The fourth-order valence-electron chi connectivity index (χ4n) is 15.2. The van der Waals surface area contributed by atoms with Crippen LogP contribution < -0.4 is 43.8 Å². The van der Waals surface area contributed by atoms with Crippen molar-refractivity contribution in [2.75, 3.05) is 75.2 Å². The second-order valence-electron chi connectivity index (χ2n) is 23.2. The monoisotopic (exact) mass is 1170 g/mol. The standard InChI is InChI=1S/C33H40N4O6.C30H36N4O6.2CH4/c1-8-9-40-30-19(4)32-33(43-16-42-32)28-22(30)12-24-29-27-21(10-17(2)18(3)31(27)41-15-39-7)11-23(36(29)6)25(13-34)37(24)26(28)14-35-20(5)38;1-14-7-18-8-20-22(10-31)34-21(26(33(20)5)24(18)28(15(14)2)38-12-37-6)9-19-25(23(34)11-32-17(4)35)30-29(39-13-40-30)16(3)27(19)36;;/h8,10,23-26,29H,1,9,11-12,14-16H2,2-7H3,(H,35,38);7,20-23,26,36H,8-9,11-13H2,1-6H3,(H,32,35);2*1H4/t23-,24?,25-,26-,29?;20-,21?,22-,23-,26?;;/m00../s1. The number of nitrogens with one attached hydrogen (secondary N) is 2. The van der Waals surface area contributed by atoms with Gasteiger partial charge in [-0.2, -0.15) is 10.5 Å². The summed E-state index contributed by atoms with van der Waals surface area (Å²) >= 11 is 0. The summed E-state index contributed by atoms with van der Waals surface area (Å²) in [5.41, 5.74) is 14.1. The van der Waals surface area contributed by atoms with Crippen LogP contribution in [-0.2, 0) is 44.7 Å². The van der Waals surface area contributed by atoms with Gasteiger partial charge in [-0.3, -0.25) is 29.2 Å². The highest BCUT2D eigenvalue weighted by Crippen LogP contribution is 2.60. The molecule has 4 unspecified atom stereocenters. The number of benzene rings is 4. The van der Waals surface area contributed by atoms with Crippen LogP contribution in [0, 0.1) is 64.2 Å². The van der Waals surface area contributed by atoms with E-state index in [1.807, 2.05) is 13.8 Å². The van der Waals surface area contributed by atoms with Crippen molar-refractivity contribution in [3.05, 3.63) is 103 Å². The van der Waals surface area contributed by atoms with E-state index in [9.17, 15) is 25.2 Å². The molecule has 12 rings (SSSR count). The van der Waals surface area contributed by atoms with Gasteiger partial charge in [0.25, 0.3) is 0 Å². The molecule has 4 bridgehead atoms. The van der Waals surface area contributed by atoms with Gasteiger partial charge in [0.2, 0.25) is 25.4 Å². The molecule has 0 aromatic heterocycles. The zero-order valence-corrected chi connectivity index (χ0v) is 49.6. The maximum absolute atomic E-state index is 12.3. The second kappa shape index (κ2) is 24.6. The van der Waals surface area contributed by atoms with Crippen LogP contribution >= 0.6 is 0 Å². The lowest BCUT2D eigenvalue weighted by atomic mass is 9.71. The van der Waals surface area contributed by atoms with Crippen LogP contribution in [0.4, 0.5) is 0 Å². The van der Waals surface area contributed by atoms with Crippen LogP contribution in [0.25, 0.3) is 0 Å². The van der Waals surface area contributed by atoms with Crippen LogP contribution in [-0.4, -0.2) is 148 Å². The lowest BCUT2D eigenvalue weighted by molar-refractivity contribution is -0.120. The van der Waals surface area contributed by atoms with Gasteiger partial charge in [0.15, 0.2) is 36.6 Å². The summed E-state index contributed by atoms with van der Waals surface area (Å²) in [4.78, 5) is 33.7. The van der Waals surface area contributed by atoms with Gasteiger partial charge in [0.1, 0.15) is 41.7 Å². The average Bonchev–Trinajstić information content (AvgIpc) is 1.39. The normalized spacial score (nSPS) is 25.2. The van der Waals surface area contributed by atoms with Crippen molar-refractivity contribution in [2.45, 2.75) is 156 Å². The van der Waals surface area contributed by atoms with Crippen molar-refractivity contribution in [1.82, 2.24) is 30.2 Å². The van der Waals surface area contributed by atoms with E-state index in [0.717, 1.165) is 78.4 Å². The number of nitriles is 2. The number of hydrogen-bond donors (Lipinski definition) is 3. The number of piperazine rings is 2. The summed E-state index contributed by atoms with van der Waals surface area (Å²) in [6.07, 6.45) is 4.21. The number of ether oxygens (including phenoxy) is 9. The number of methoxy groups -OCH3 is 2. The van der Waals surface area contributed by atoms with Gasteiger partial charge in [0, 0.05) is 110 Å². The first kappa shape index (κ1) is 62.2. The summed E-state index contributed by atoms with van der Waals surface area (Å²) in [6, 6.07) is 7.46. The van der Waals surface area contributed by atoms with E-state index in [4.69, 9.17) is 42.6 Å². The first-order valence-corrected chi connectivity index (χ1v) is 28.5. The third-order valence-electron chi connectivity index (χ3n) is 18.9. The molecule has 10 atom stereocenters.